The lowest BCUT2D eigenvalue weighted by Crippen LogP contribution is -2.29. The summed E-state index contributed by atoms with van der Waals surface area (Å²) in [7, 11) is 0. The largest absolute Gasteiger partial charge is 0.359 e. The molecule has 0 aromatic carbocycles. The first-order valence-electron chi connectivity index (χ1n) is 7.71. The van der Waals surface area contributed by atoms with Gasteiger partial charge in [0.25, 0.3) is 0 Å². The highest BCUT2D eigenvalue weighted by Crippen LogP contribution is 2.24. The van der Waals surface area contributed by atoms with Crippen LogP contribution in [0.1, 0.15) is 51.9 Å². The van der Waals surface area contributed by atoms with Crippen molar-refractivity contribution in [2.75, 3.05) is 6.54 Å². The lowest BCUT2D eigenvalue weighted by atomic mass is 9.89. The van der Waals surface area contributed by atoms with E-state index in [-0.39, 0.29) is 0 Å². The number of hydrogen-bond acceptors (Lipinski definition) is 3. The Morgan fingerprint density at radius 3 is 2.85 bits per heavy atom. The molecule has 110 valence electrons. The molecule has 0 unspecified atom stereocenters. The van der Waals surface area contributed by atoms with Gasteiger partial charge in [0, 0.05) is 18.7 Å². The quantitative estimate of drug-likeness (QED) is 0.347. The summed E-state index contributed by atoms with van der Waals surface area (Å²) >= 11 is 5.29. The molecule has 0 spiro atoms. The van der Waals surface area contributed by atoms with Crippen LogP contribution in [0.15, 0.2) is 29.4 Å². The number of aromatic nitrogens is 1. The van der Waals surface area contributed by atoms with E-state index in [4.69, 9.17) is 22.0 Å². The Hall–Kier alpha value is -1.16. The van der Waals surface area contributed by atoms with Gasteiger partial charge in [0.2, 0.25) is 5.90 Å². The highest BCUT2D eigenvalue weighted by molar-refractivity contribution is 7.71. The van der Waals surface area contributed by atoms with E-state index < -0.39 is 0 Å². The normalized spacial score (nSPS) is 17.1. The number of hydrogen-bond donors (Lipinski definition) is 0. The molecule has 0 aliphatic heterocycles. The molecule has 0 bridgehead atoms. The Morgan fingerprint density at radius 2 is 2.15 bits per heavy atom. The fourth-order valence-corrected chi connectivity index (χ4v) is 2.69. The number of pyridine rings is 1. The fourth-order valence-electron chi connectivity index (χ4n) is 2.52. The van der Waals surface area contributed by atoms with Crippen LogP contribution in [-0.4, -0.2) is 17.2 Å². The maximum Gasteiger partial charge on any atom is 0.221 e. The standard InChI is InChI=1S/C16H24N2OS/c1-2-3-12-17-16(14-9-5-4-6-10-14)19-18-13-8-7-11-15(18)20/h7-8,11,13-14H,2-6,9-10,12H2,1H3. The summed E-state index contributed by atoms with van der Waals surface area (Å²) in [5, 5.41) is 0. The Labute approximate surface area is 126 Å². The summed E-state index contributed by atoms with van der Waals surface area (Å²) < 4.78 is 2.35. The van der Waals surface area contributed by atoms with Gasteiger partial charge >= 0.3 is 0 Å². The van der Waals surface area contributed by atoms with Gasteiger partial charge in [-0.25, -0.2) is 0 Å². The van der Waals surface area contributed by atoms with E-state index in [2.05, 4.69) is 6.92 Å². The molecule has 0 saturated heterocycles. The second-order valence-electron chi connectivity index (χ2n) is 5.36. The highest BCUT2D eigenvalue weighted by Gasteiger charge is 2.21. The van der Waals surface area contributed by atoms with Crippen LogP contribution in [-0.2, 0) is 0 Å². The lowest BCUT2D eigenvalue weighted by Gasteiger charge is -2.23. The van der Waals surface area contributed by atoms with Crippen LogP contribution in [0.4, 0.5) is 0 Å². The summed E-state index contributed by atoms with van der Waals surface area (Å²) in [6.07, 6.45) is 10.4. The van der Waals surface area contributed by atoms with Crippen LogP contribution >= 0.6 is 12.2 Å². The Morgan fingerprint density at radius 1 is 1.35 bits per heavy atom. The van der Waals surface area contributed by atoms with E-state index in [0.29, 0.717) is 10.6 Å². The summed E-state index contributed by atoms with van der Waals surface area (Å²) in [4.78, 5) is 10.7. The van der Waals surface area contributed by atoms with E-state index in [1.807, 2.05) is 24.4 Å². The molecule has 1 aromatic heterocycles. The summed E-state index contributed by atoms with van der Waals surface area (Å²) in [6, 6.07) is 5.73. The molecule has 1 fully saturated rings. The van der Waals surface area contributed by atoms with Crippen LogP contribution in [0, 0.1) is 10.6 Å². The third-order valence-electron chi connectivity index (χ3n) is 3.71. The molecule has 1 aliphatic rings. The Bertz CT molecular complexity index is 489. The average Bonchev–Trinajstić information content (AvgIpc) is 2.49. The zero-order valence-corrected chi connectivity index (χ0v) is 13.1. The Kier molecular flexibility index (Phi) is 6.25. The van der Waals surface area contributed by atoms with Crippen molar-refractivity contribution in [2.45, 2.75) is 51.9 Å². The summed E-state index contributed by atoms with van der Waals surface area (Å²) in [6.45, 7) is 3.03. The first-order valence-corrected chi connectivity index (χ1v) is 8.12. The second-order valence-corrected chi connectivity index (χ2v) is 5.78. The predicted octanol–water partition coefficient (Wildman–Crippen LogP) is 4.43. The minimum absolute atomic E-state index is 0.461. The summed E-state index contributed by atoms with van der Waals surface area (Å²) in [5.74, 6) is 1.34. The van der Waals surface area contributed by atoms with Crippen molar-refractivity contribution in [1.82, 2.24) is 4.73 Å². The van der Waals surface area contributed by atoms with Gasteiger partial charge in [-0.2, -0.15) is 4.73 Å². The summed E-state index contributed by atoms with van der Waals surface area (Å²) in [5.41, 5.74) is 0. The van der Waals surface area contributed by atoms with Gasteiger partial charge in [0.1, 0.15) is 4.64 Å². The molecule has 0 amide bonds. The molecule has 0 N–H and O–H groups in total. The highest BCUT2D eigenvalue weighted by atomic mass is 32.1. The van der Waals surface area contributed by atoms with E-state index in [0.717, 1.165) is 25.3 Å². The van der Waals surface area contributed by atoms with Gasteiger partial charge in [0.15, 0.2) is 0 Å². The lowest BCUT2D eigenvalue weighted by molar-refractivity contribution is 0.224. The molecule has 3 nitrogen and oxygen atoms in total. The van der Waals surface area contributed by atoms with Gasteiger partial charge in [-0.3, -0.25) is 4.99 Å². The van der Waals surface area contributed by atoms with E-state index >= 15 is 0 Å². The van der Waals surface area contributed by atoms with Crippen molar-refractivity contribution >= 4 is 18.1 Å². The minimum atomic E-state index is 0.461. The molecular weight excluding hydrogens is 268 g/mol. The number of aliphatic imine (C=N–C) groups is 1. The Balaban J connectivity index is 2.11. The van der Waals surface area contributed by atoms with Gasteiger partial charge in [-0.05, 0) is 31.4 Å². The molecule has 1 heterocycles. The van der Waals surface area contributed by atoms with Gasteiger partial charge in [-0.1, -0.05) is 50.9 Å². The van der Waals surface area contributed by atoms with E-state index in [1.165, 1.54) is 32.1 Å². The topological polar surface area (TPSA) is 26.5 Å². The van der Waals surface area contributed by atoms with Crippen LogP contribution in [0.3, 0.4) is 0 Å². The fraction of sp³-hybridized carbons (Fsp3) is 0.625. The molecule has 0 radical (unpaired) electrons. The van der Waals surface area contributed by atoms with Gasteiger partial charge < -0.3 is 4.84 Å². The van der Waals surface area contributed by atoms with Crippen molar-refractivity contribution in [2.24, 2.45) is 10.9 Å². The molecular formula is C16H24N2OS. The van der Waals surface area contributed by atoms with Crippen molar-refractivity contribution in [3.8, 4) is 0 Å². The van der Waals surface area contributed by atoms with Crippen molar-refractivity contribution in [3.05, 3.63) is 29.0 Å². The molecule has 0 atom stereocenters. The monoisotopic (exact) mass is 292 g/mol. The first kappa shape index (κ1) is 15.2. The van der Waals surface area contributed by atoms with Crippen molar-refractivity contribution in [1.29, 1.82) is 0 Å². The SMILES string of the molecule is CCCCN=C(On1ccccc1=S)C1CCCCC1. The maximum absolute atomic E-state index is 5.99. The van der Waals surface area contributed by atoms with Crippen LogP contribution in [0.5, 0.6) is 0 Å². The molecule has 4 heteroatoms. The van der Waals surface area contributed by atoms with Gasteiger partial charge in [-0.15, -0.1) is 0 Å². The number of rotatable bonds is 5. The third-order valence-corrected chi connectivity index (χ3v) is 4.03. The van der Waals surface area contributed by atoms with Crippen LogP contribution in [0.25, 0.3) is 0 Å². The first-order chi connectivity index (χ1) is 9.81. The molecule has 1 aromatic rings. The molecule has 1 saturated carbocycles. The molecule has 1 aliphatic carbocycles. The van der Waals surface area contributed by atoms with Crippen molar-refractivity contribution in [3.63, 3.8) is 0 Å². The average molecular weight is 292 g/mol. The van der Waals surface area contributed by atoms with Crippen LogP contribution < -0.4 is 4.84 Å². The number of nitrogens with zero attached hydrogens (tertiary/aromatic N) is 2. The predicted molar refractivity (Wildman–Crippen MR) is 85.6 cm³/mol. The minimum Gasteiger partial charge on any atom is -0.359 e. The second kappa shape index (κ2) is 8.20. The zero-order chi connectivity index (χ0) is 14.2. The zero-order valence-electron chi connectivity index (χ0n) is 12.3. The third kappa shape index (κ3) is 4.44. The smallest absolute Gasteiger partial charge is 0.221 e. The van der Waals surface area contributed by atoms with Crippen LogP contribution in [0.2, 0.25) is 0 Å². The van der Waals surface area contributed by atoms with E-state index in [9.17, 15) is 0 Å². The van der Waals surface area contributed by atoms with E-state index in [1.54, 1.807) is 4.73 Å². The van der Waals surface area contributed by atoms with Gasteiger partial charge in [0.05, 0.1) is 0 Å². The number of unbranched alkanes of at least 4 members (excludes halogenated alkanes) is 1. The maximum atomic E-state index is 5.99. The molecule has 2 rings (SSSR count). The molecule has 20 heavy (non-hydrogen) atoms. The van der Waals surface area contributed by atoms with Crippen molar-refractivity contribution < 1.29 is 4.84 Å².